The van der Waals surface area contributed by atoms with E-state index in [0.717, 1.165) is 5.76 Å². The summed E-state index contributed by atoms with van der Waals surface area (Å²) in [5, 5.41) is 3.21. The van der Waals surface area contributed by atoms with E-state index in [2.05, 4.69) is 5.32 Å². The fraction of sp³-hybridized carbons (Fsp3) is 0.312. The van der Waals surface area contributed by atoms with Crippen LogP contribution >= 0.6 is 12.4 Å². The van der Waals surface area contributed by atoms with Crippen LogP contribution in [0.1, 0.15) is 23.0 Å². The highest BCUT2D eigenvalue weighted by atomic mass is 35.5. The molecule has 6 heteroatoms. The van der Waals surface area contributed by atoms with E-state index >= 15 is 0 Å². The molecule has 1 aromatic heterocycles. The maximum absolute atomic E-state index is 11.3. The molecule has 0 aliphatic rings. The van der Waals surface area contributed by atoms with Gasteiger partial charge in [0.05, 0.1) is 19.9 Å². The van der Waals surface area contributed by atoms with Crippen LogP contribution in [0.2, 0.25) is 0 Å². The van der Waals surface area contributed by atoms with Crippen molar-refractivity contribution in [3.05, 3.63) is 47.9 Å². The Morgan fingerprint density at radius 3 is 2.73 bits per heavy atom. The van der Waals surface area contributed by atoms with E-state index in [9.17, 15) is 4.79 Å². The second kappa shape index (κ2) is 9.12. The molecule has 120 valence electrons. The van der Waals surface area contributed by atoms with Crippen LogP contribution in [0, 0.1) is 0 Å². The van der Waals surface area contributed by atoms with Gasteiger partial charge in [-0.25, -0.2) is 0 Å². The Bertz CT molecular complexity index is 584. The highest BCUT2D eigenvalue weighted by molar-refractivity contribution is 5.94. The zero-order valence-corrected chi connectivity index (χ0v) is 13.4. The molecule has 5 nitrogen and oxygen atoms in total. The standard InChI is InChI=1S/C16H19NO4.ClH/c1-12(18)13-5-6-15(16(10-13)19-2)21-9-7-17-11-14-4-3-8-20-14;/h3-6,8,10,17H,7,9,11H2,1-2H3;1H. The highest BCUT2D eigenvalue weighted by Crippen LogP contribution is 2.28. The van der Waals surface area contributed by atoms with Crippen molar-refractivity contribution in [3.8, 4) is 11.5 Å². The largest absolute Gasteiger partial charge is 0.493 e. The van der Waals surface area contributed by atoms with Crippen molar-refractivity contribution in [2.45, 2.75) is 13.5 Å². The van der Waals surface area contributed by atoms with Gasteiger partial charge in [0.25, 0.3) is 0 Å². The monoisotopic (exact) mass is 325 g/mol. The number of carbonyl (C=O) groups excluding carboxylic acids is 1. The van der Waals surface area contributed by atoms with Crippen LogP contribution in [-0.2, 0) is 6.54 Å². The van der Waals surface area contributed by atoms with Gasteiger partial charge < -0.3 is 19.2 Å². The van der Waals surface area contributed by atoms with Crippen LogP contribution < -0.4 is 14.8 Å². The lowest BCUT2D eigenvalue weighted by molar-refractivity contribution is 0.101. The van der Waals surface area contributed by atoms with Crippen molar-refractivity contribution in [1.82, 2.24) is 5.32 Å². The van der Waals surface area contributed by atoms with Crippen molar-refractivity contribution >= 4 is 18.2 Å². The quantitative estimate of drug-likeness (QED) is 0.597. The van der Waals surface area contributed by atoms with E-state index in [1.807, 2.05) is 12.1 Å². The molecule has 0 saturated heterocycles. The number of halogens is 1. The number of carbonyl (C=O) groups is 1. The van der Waals surface area contributed by atoms with Crippen molar-refractivity contribution in [1.29, 1.82) is 0 Å². The fourth-order valence-corrected chi connectivity index (χ4v) is 1.86. The molecule has 2 aromatic rings. The van der Waals surface area contributed by atoms with Gasteiger partial charge in [0.1, 0.15) is 12.4 Å². The molecule has 1 heterocycles. The molecule has 0 unspecified atom stereocenters. The Kier molecular flexibility index (Phi) is 7.49. The molecule has 0 atom stereocenters. The third kappa shape index (κ3) is 5.09. The van der Waals surface area contributed by atoms with E-state index in [1.165, 1.54) is 6.92 Å². The lowest BCUT2D eigenvalue weighted by atomic mass is 10.1. The molecule has 0 aliphatic heterocycles. The number of benzene rings is 1. The topological polar surface area (TPSA) is 60.7 Å². The summed E-state index contributed by atoms with van der Waals surface area (Å²) in [6.45, 7) is 3.36. The van der Waals surface area contributed by atoms with Crippen molar-refractivity contribution in [2.75, 3.05) is 20.3 Å². The van der Waals surface area contributed by atoms with E-state index in [-0.39, 0.29) is 18.2 Å². The van der Waals surface area contributed by atoms with Gasteiger partial charge in [0, 0.05) is 12.1 Å². The van der Waals surface area contributed by atoms with Crippen molar-refractivity contribution < 1.29 is 18.7 Å². The lowest BCUT2D eigenvalue weighted by Gasteiger charge is -2.11. The maximum Gasteiger partial charge on any atom is 0.161 e. The van der Waals surface area contributed by atoms with Gasteiger partial charge in [-0.1, -0.05) is 0 Å². The molecule has 0 radical (unpaired) electrons. The average molecular weight is 326 g/mol. The molecule has 1 N–H and O–H groups in total. The SMILES string of the molecule is COc1cc(C(C)=O)ccc1OCCNCc1ccco1.Cl. The Labute approximate surface area is 136 Å². The third-order valence-electron chi connectivity index (χ3n) is 2.99. The highest BCUT2D eigenvalue weighted by Gasteiger charge is 2.08. The maximum atomic E-state index is 11.3. The summed E-state index contributed by atoms with van der Waals surface area (Å²) in [5.41, 5.74) is 0.607. The van der Waals surface area contributed by atoms with Gasteiger partial charge in [0.15, 0.2) is 17.3 Å². The summed E-state index contributed by atoms with van der Waals surface area (Å²) in [6.07, 6.45) is 1.65. The van der Waals surface area contributed by atoms with Gasteiger partial charge in [0.2, 0.25) is 0 Å². The second-order valence-electron chi connectivity index (χ2n) is 4.53. The first-order valence-electron chi connectivity index (χ1n) is 6.75. The average Bonchev–Trinajstić information content (AvgIpc) is 3.00. The van der Waals surface area contributed by atoms with E-state index in [1.54, 1.807) is 31.6 Å². The molecule has 0 aliphatic carbocycles. The van der Waals surface area contributed by atoms with Crippen LogP contribution in [0.3, 0.4) is 0 Å². The van der Waals surface area contributed by atoms with Crippen LogP contribution in [0.4, 0.5) is 0 Å². The number of hydrogen-bond acceptors (Lipinski definition) is 5. The number of Topliss-reactive ketones (excluding diaryl/α,β-unsaturated/α-hetero) is 1. The minimum Gasteiger partial charge on any atom is -0.493 e. The Balaban J connectivity index is 0.00000242. The summed E-state index contributed by atoms with van der Waals surface area (Å²) in [4.78, 5) is 11.3. The van der Waals surface area contributed by atoms with E-state index in [0.29, 0.717) is 36.8 Å². The zero-order valence-electron chi connectivity index (χ0n) is 12.6. The summed E-state index contributed by atoms with van der Waals surface area (Å²) in [6, 6.07) is 8.94. The van der Waals surface area contributed by atoms with Gasteiger partial charge in [-0.2, -0.15) is 0 Å². The summed E-state index contributed by atoms with van der Waals surface area (Å²) in [7, 11) is 1.56. The predicted octanol–water partition coefficient (Wildman–Crippen LogP) is 3.08. The summed E-state index contributed by atoms with van der Waals surface area (Å²) in [5.74, 6) is 2.08. The number of hydrogen-bond donors (Lipinski definition) is 1. The first-order chi connectivity index (χ1) is 10.2. The number of ketones is 1. The number of furan rings is 1. The molecule has 0 bridgehead atoms. The van der Waals surface area contributed by atoms with Crippen LogP contribution in [0.25, 0.3) is 0 Å². The summed E-state index contributed by atoms with van der Waals surface area (Å²) < 4.78 is 16.1. The van der Waals surface area contributed by atoms with Crippen molar-refractivity contribution in [2.24, 2.45) is 0 Å². The Morgan fingerprint density at radius 2 is 2.09 bits per heavy atom. The van der Waals surface area contributed by atoms with Gasteiger partial charge in [-0.3, -0.25) is 4.79 Å². The number of nitrogens with one attached hydrogen (secondary N) is 1. The minimum atomic E-state index is -0.0000329. The smallest absolute Gasteiger partial charge is 0.161 e. The minimum absolute atomic E-state index is 0. The molecule has 22 heavy (non-hydrogen) atoms. The fourth-order valence-electron chi connectivity index (χ4n) is 1.86. The predicted molar refractivity (Wildman–Crippen MR) is 86.2 cm³/mol. The molecule has 2 rings (SSSR count). The number of ether oxygens (including phenoxy) is 2. The molecule has 0 spiro atoms. The van der Waals surface area contributed by atoms with Gasteiger partial charge >= 0.3 is 0 Å². The first-order valence-corrected chi connectivity index (χ1v) is 6.75. The number of rotatable bonds is 8. The first kappa shape index (κ1) is 18.1. The van der Waals surface area contributed by atoms with E-state index < -0.39 is 0 Å². The second-order valence-corrected chi connectivity index (χ2v) is 4.53. The normalized spacial score (nSPS) is 9.91. The van der Waals surface area contributed by atoms with Crippen LogP contribution in [-0.4, -0.2) is 26.0 Å². The Hall–Kier alpha value is -1.98. The lowest BCUT2D eigenvalue weighted by Crippen LogP contribution is -2.20. The molecular formula is C16H20ClNO4. The zero-order chi connectivity index (χ0) is 15.1. The van der Waals surface area contributed by atoms with Crippen LogP contribution in [0.15, 0.2) is 41.0 Å². The van der Waals surface area contributed by atoms with E-state index in [4.69, 9.17) is 13.9 Å². The number of methoxy groups -OCH3 is 1. The Morgan fingerprint density at radius 1 is 1.27 bits per heavy atom. The van der Waals surface area contributed by atoms with Gasteiger partial charge in [-0.05, 0) is 37.3 Å². The van der Waals surface area contributed by atoms with Crippen LogP contribution in [0.5, 0.6) is 11.5 Å². The van der Waals surface area contributed by atoms with Gasteiger partial charge in [-0.15, -0.1) is 12.4 Å². The summed E-state index contributed by atoms with van der Waals surface area (Å²) >= 11 is 0. The molecule has 0 fully saturated rings. The molecule has 0 saturated carbocycles. The van der Waals surface area contributed by atoms with Crippen molar-refractivity contribution in [3.63, 3.8) is 0 Å². The third-order valence-corrected chi connectivity index (χ3v) is 2.99. The molecule has 1 aromatic carbocycles. The molecule has 0 amide bonds. The molecular weight excluding hydrogens is 306 g/mol.